The van der Waals surface area contributed by atoms with Crippen molar-refractivity contribution in [2.24, 2.45) is 5.73 Å². The number of nitrogens with two attached hydrogens (primary N) is 1. The molecule has 2 saturated heterocycles. The number of alkyl carbamates (subject to hydrolysis) is 1. The molecule has 1 amide bonds. The third kappa shape index (κ3) is 9.21. The average Bonchev–Trinajstić information content (AvgIpc) is 3.26. The number of benzene rings is 4. The maximum absolute atomic E-state index is 12.3. The highest BCUT2D eigenvalue weighted by atomic mass is 16.5. The monoisotopic (exact) mass is 803 g/mol. The van der Waals surface area contributed by atoms with Crippen LogP contribution in [0.3, 0.4) is 0 Å². The Labute approximate surface area is 348 Å². The van der Waals surface area contributed by atoms with Crippen LogP contribution < -0.4 is 20.9 Å². The van der Waals surface area contributed by atoms with Gasteiger partial charge in [-0.2, -0.15) is 0 Å². The van der Waals surface area contributed by atoms with E-state index in [9.17, 15) is 15.0 Å². The van der Waals surface area contributed by atoms with Gasteiger partial charge in [0.1, 0.15) is 29.7 Å². The van der Waals surface area contributed by atoms with Crippen molar-refractivity contribution < 1.29 is 19.7 Å². The molecule has 0 atom stereocenters. The molecule has 13 nitrogen and oxygen atoms in total. The smallest absolute Gasteiger partial charge is 0.407 e. The quantitative estimate of drug-likeness (QED) is 0.123. The second-order valence-electron chi connectivity index (χ2n) is 15.5. The number of nitrogens with one attached hydrogen (secondary N) is 1. The Morgan fingerprint density at radius 2 is 1.17 bits per heavy atom. The van der Waals surface area contributed by atoms with Crippen LogP contribution in [0.2, 0.25) is 0 Å². The van der Waals surface area contributed by atoms with E-state index in [4.69, 9.17) is 30.4 Å². The number of fused-ring (bicyclic) bond motifs is 2. The normalized spacial score (nSPS) is 14.8. The van der Waals surface area contributed by atoms with E-state index in [1.165, 1.54) is 0 Å². The van der Waals surface area contributed by atoms with Crippen molar-refractivity contribution in [2.45, 2.75) is 58.2 Å². The summed E-state index contributed by atoms with van der Waals surface area (Å²) >= 11 is 0. The van der Waals surface area contributed by atoms with Gasteiger partial charge in [-0.05, 0) is 117 Å². The number of para-hydroxylation sites is 2. The van der Waals surface area contributed by atoms with Crippen molar-refractivity contribution in [3.05, 3.63) is 126 Å². The molecule has 9 rings (SSSR count). The van der Waals surface area contributed by atoms with Crippen LogP contribution in [0, 0.1) is 13.8 Å². The first kappa shape index (κ1) is 39.9. The number of amides is 1. The Morgan fingerprint density at radius 3 is 1.67 bits per heavy atom. The highest BCUT2D eigenvalue weighted by Crippen LogP contribution is 2.35. The fourth-order valence-corrected chi connectivity index (χ4v) is 7.68. The molecule has 0 bridgehead atoms. The Morgan fingerprint density at radius 1 is 0.683 bits per heavy atom. The molecule has 13 heteroatoms. The second kappa shape index (κ2) is 18.0. The number of hydrogen-bond acceptors (Lipinski definition) is 12. The van der Waals surface area contributed by atoms with Gasteiger partial charge in [0.05, 0.1) is 22.2 Å². The van der Waals surface area contributed by atoms with Crippen LogP contribution >= 0.6 is 0 Å². The van der Waals surface area contributed by atoms with E-state index in [0.717, 1.165) is 102 Å². The van der Waals surface area contributed by atoms with Crippen molar-refractivity contribution in [1.82, 2.24) is 30.2 Å². The zero-order chi connectivity index (χ0) is 41.6. The molecule has 2 aliphatic heterocycles. The number of phenolic OH excluding ortho intramolecular Hbond substituents is 2. The minimum absolute atomic E-state index is 0.0316. The summed E-state index contributed by atoms with van der Waals surface area (Å²) in [5, 5.41) is 25.6. The molecule has 3 aromatic heterocycles. The highest BCUT2D eigenvalue weighted by molar-refractivity contribution is 5.93. The molecule has 0 saturated carbocycles. The first-order chi connectivity index (χ1) is 29.2. The third-order valence-electron chi connectivity index (χ3n) is 11.0. The molecular weight excluding hydrogens is 755 g/mol. The van der Waals surface area contributed by atoms with Gasteiger partial charge in [-0.1, -0.05) is 36.4 Å². The lowest BCUT2D eigenvalue weighted by molar-refractivity contribution is 0.134. The number of aromatic nitrogens is 5. The minimum atomic E-state index is -0.412. The number of phenols is 2. The van der Waals surface area contributed by atoms with Gasteiger partial charge in [0.25, 0.3) is 0 Å². The van der Waals surface area contributed by atoms with Crippen LogP contribution in [-0.2, 0) is 11.3 Å². The van der Waals surface area contributed by atoms with Crippen LogP contribution in [-0.4, -0.2) is 79.5 Å². The molecule has 2 aliphatic rings. The van der Waals surface area contributed by atoms with Crippen molar-refractivity contribution in [3.8, 4) is 34.3 Å². The number of ether oxygens (including phenoxy) is 1. The van der Waals surface area contributed by atoms with E-state index >= 15 is 0 Å². The van der Waals surface area contributed by atoms with Gasteiger partial charge >= 0.3 is 6.09 Å². The predicted octanol–water partition coefficient (Wildman–Crippen LogP) is 7.84. The number of carbonyl (C=O) groups is 1. The molecule has 306 valence electrons. The summed E-state index contributed by atoms with van der Waals surface area (Å²) in [7, 11) is 0. The fourth-order valence-electron chi connectivity index (χ4n) is 7.68. The number of carbonyl (C=O) groups excluding carboxylic acids is 1. The molecule has 7 aromatic rings. The lowest BCUT2D eigenvalue weighted by atomic mass is 10.0. The Bertz CT molecular complexity index is 2610. The topological polar surface area (TPSA) is 176 Å². The zero-order valence-corrected chi connectivity index (χ0v) is 33.8. The summed E-state index contributed by atoms with van der Waals surface area (Å²) in [6, 6.07) is 30.7. The van der Waals surface area contributed by atoms with Crippen molar-refractivity contribution >= 4 is 39.5 Å². The maximum Gasteiger partial charge on any atom is 0.407 e. The number of rotatable bonds is 7. The summed E-state index contributed by atoms with van der Waals surface area (Å²) in [4.78, 5) is 39.9. The summed E-state index contributed by atoms with van der Waals surface area (Å²) in [5.41, 5.74) is 12.2. The van der Waals surface area contributed by atoms with Crippen LogP contribution in [0.1, 0.15) is 42.4 Å². The number of aromatic hydroxyl groups is 2. The SMILES string of the molecule is Cc1ccc2c(N3CCC(N)CC3)nc(-c3ccccc3O)nc2c1.Cc1ccc2c(N3CCC(NC(=O)OCc4ccncc4)CC3)nc(-c3ccccc3O)nc2c1. The van der Waals surface area contributed by atoms with Crippen molar-refractivity contribution in [1.29, 1.82) is 0 Å². The highest BCUT2D eigenvalue weighted by Gasteiger charge is 2.25. The minimum Gasteiger partial charge on any atom is -0.507 e. The van der Waals surface area contributed by atoms with E-state index < -0.39 is 6.09 Å². The molecule has 4 aromatic carbocycles. The van der Waals surface area contributed by atoms with E-state index in [1.807, 2.05) is 49.4 Å². The Balaban J connectivity index is 0.000000176. The Kier molecular flexibility index (Phi) is 12.0. The summed E-state index contributed by atoms with van der Waals surface area (Å²) < 4.78 is 5.35. The van der Waals surface area contributed by atoms with E-state index in [1.54, 1.807) is 36.7 Å². The van der Waals surface area contributed by atoms with Crippen LogP contribution in [0.4, 0.5) is 16.4 Å². The van der Waals surface area contributed by atoms with Crippen LogP contribution in [0.5, 0.6) is 11.5 Å². The number of anilines is 2. The van der Waals surface area contributed by atoms with Gasteiger partial charge in [-0.3, -0.25) is 4.98 Å². The van der Waals surface area contributed by atoms with Gasteiger partial charge in [-0.25, -0.2) is 24.7 Å². The third-order valence-corrected chi connectivity index (χ3v) is 11.0. The van der Waals surface area contributed by atoms with E-state index in [-0.39, 0.29) is 30.2 Å². The van der Waals surface area contributed by atoms with Gasteiger partial charge in [0.2, 0.25) is 0 Å². The van der Waals surface area contributed by atoms with Crippen LogP contribution in [0.15, 0.2) is 109 Å². The molecule has 5 heterocycles. The largest absolute Gasteiger partial charge is 0.507 e. The van der Waals surface area contributed by atoms with Gasteiger partial charge in [0, 0.05) is 61.4 Å². The van der Waals surface area contributed by atoms with Gasteiger partial charge in [-0.15, -0.1) is 0 Å². The molecule has 0 unspecified atom stereocenters. The standard InChI is InChI=1S/C27H27N5O3.C20H22N4O/c1-18-6-7-21-23(16-18)30-25(22-4-2-3-5-24(22)33)31-26(21)32-14-10-20(11-15-32)29-27(34)35-17-19-8-12-28-13-9-19;1-13-6-7-15-17(12-13)22-19(16-4-2-3-5-18(16)25)23-20(15)24-10-8-14(21)9-11-24/h2-9,12-13,16,20,33H,10-11,14-15,17H2,1H3,(H,29,34);2-7,12,14,25H,8-11,21H2,1H3. The lowest BCUT2D eigenvalue weighted by Crippen LogP contribution is -2.45. The van der Waals surface area contributed by atoms with Crippen LogP contribution in [0.25, 0.3) is 44.6 Å². The van der Waals surface area contributed by atoms with E-state index in [2.05, 4.69) is 57.4 Å². The molecule has 5 N–H and O–H groups in total. The zero-order valence-electron chi connectivity index (χ0n) is 33.8. The first-order valence-corrected chi connectivity index (χ1v) is 20.4. The van der Waals surface area contributed by atoms with Crippen molar-refractivity contribution in [3.63, 3.8) is 0 Å². The molecule has 60 heavy (non-hydrogen) atoms. The first-order valence-electron chi connectivity index (χ1n) is 20.4. The summed E-state index contributed by atoms with van der Waals surface area (Å²) in [5.74, 6) is 3.17. The number of nitrogens with zero attached hydrogens (tertiary/aromatic N) is 7. The number of piperidine rings is 2. The number of hydrogen-bond donors (Lipinski definition) is 4. The van der Waals surface area contributed by atoms with E-state index in [0.29, 0.717) is 22.8 Å². The molecular formula is C47H49N9O4. The maximum atomic E-state index is 12.3. The molecule has 0 aliphatic carbocycles. The van der Waals surface area contributed by atoms with Gasteiger partial charge in [0.15, 0.2) is 11.6 Å². The lowest BCUT2D eigenvalue weighted by Gasteiger charge is -2.33. The molecule has 2 fully saturated rings. The molecule has 0 spiro atoms. The van der Waals surface area contributed by atoms with Crippen molar-refractivity contribution in [2.75, 3.05) is 36.0 Å². The second-order valence-corrected chi connectivity index (χ2v) is 15.5. The Hall–Kier alpha value is -6.86. The summed E-state index contributed by atoms with van der Waals surface area (Å²) in [6.45, 7) is 7.55. The summed E-state index contributed by atoms with van der Waals surface area (Å²) in [6.07, 6.45) is 6.41. The average molecular weight is 804 g/mol. The predicted molar refractivity (Wildman–Crippen MR) is 235 cm³/mol. The number of pyridine rings is 1. The fraction of sp³-hybridized carbons (Fsp3) is 0.277. The van der Waals surface area contributed by atoms with Gasteiger partial charge < -0.3 is 35.8 Å². The molecule has 0 radical (unpaired) electrons. The number of aryl methyl sites for hydroxylation is 2.